The van der Waals surface area contributed by atoms with Crippen molar-refractivity contribution < 1.29 is 0 Å². The summed E-state index contributed by atoms with van der Waals surface area (Å²) in [5, 5.41) is 4.83. The Morgan fingerprint density at radius 3 is 1.57 bits per heavy atom. The molecule has 1 spiro atoms. The third kappa shape index (κ3) is 4.93. The van der Waals surface area contributed by atoms with E-state index >= 15 is 0 Å². The summed E-state index contributed by atoms with van der Waals surface area (Å²) in [7, 11) is 0. The molecule has 0 atom stereocenters. The highest BCUT2D eigenvalue weighted by Crippen LogP contribution is 2.62. The van der Waals surface area contributed by atoms with Crippen LogP contribution in [0.3, 0.4) is 0 Å². The maximum atomic E-state index is 5.27. The van der Waals surface area contributed by atoms with Gasteiger partial charge in [0.2, 0.25) is 0 Å². The lowest BCUT2D eigenvalue weighted by Gasteiger charge is -2.46. The molecular formula is C57H39N3. The summed E-state index contributed by atoms with van der Waals surface area (Å²) in [6.45, 7) is 4.74. The number of rotatable bonds is 4. The van der Waals surface area contributed by atoms with Crippen LogP contribution in [0.4, 0.5) is 0 Å². The van der Waals surface area contributed by atoms with E-state index in [9.17, 15) is 0 Å². The number of hydrogen-bond acceptors (Lipinski definition) is 3. The van der Waals surface area contributed by atoms with E-state index in [4.69, 9.17) is 15.0 Å². The fourth-order valence-electron chi connectivity index (χ4n) is 10.5. The molecule has 0 N–H and O–H groups in total. The van der Waals surface area contributed by atoms with Crippen molar-refractivity contribution in [3.05, 3.63) is 234 Å². The van der Waals surface area contributed by atoms with E-state index < -0.39 is 5.41 Å². The molecule has 9 aromatic carbocycles. The quantitative estimate of drug-likeness (QED) is 0.168. The number of nitrogens with zero attached hydrogens (tertiary/aromatic N) is 3. The van der Waals surface area contributed by atoms with Gasteiger partial charge in [-0.2, -0.15) is 0 Å². The van der Waals surface area contributed by atoms with Gasteiger partial charge in [-0.3, -0.25) is 0 Å². The van der Waals surface area contributed by atoms with Gasteiger partial charge in [0.15, 0.2) is 17.5 Å². The van der Waals surface area contributed by atoms with Crippen molar-refractivity contribution in [3.8, 4) is 56.4 Å². The summed E-state index contributed by atoms with van der Waals surface area (Å²) in [6.07, 6.45) is 0. The molecule has 3 heteroatoms. The fraction of sp³-hybridized carbons (Fsp3) is 0.0702. The second-order valence-electron chi connectivity index (χ2n) is 16.7. The molecule has 0 unspecified atom stereocenters. The van der Waals surface area contributed by atoms with E-state index in [1.807, 2.05) is 18.2 Å². The molecule has 0 saturated heterocycles. The summed E-state index contributed by atoms with van der Waals surface area (Å²) in [4.78, 5) is 15.6. The molecule has 2 aliphatic carbocycles. The molecule has 12 rings (SSSR count). The van der Waals surface area contributed by atoms with Crippen molar-refractivity contribution >= 4 is 21.5 Å². The first-order valence-electron chi connectivity index (χ1n) is 20.8. The Morgan fingerprint density at radius 2 is 0.817 bits per heavy atom. The van der Waals surface area contributed by atoms with Crippen LogP contribution in [-0.4, -0.2) is 15.0 Å². The zero-order chi connectivity index (χ0) is 40.0. The zero-order valence-corrected chi connectivity index (χ0v) is 33.4. The minimum atomic E-state index is -0.438. The molecule has 3 nitrogen and oxygen atoms in total. The SMILES string of the molecule is CC1(C)c2ccccc2C2(c3ccccc3-c3cc(-c4ccccc4-c4nc(-c5ccccc5)nc(-c5ccc6c(ccc7ccccc76)c5)n4)ccc32)c2ccccc21. The minimum Gasteiger partial charge on any atom is -0.208 e. The van der Waals surface area contributed by atoms with Crippen LogP contribution in [0, 0.1) is 0 Å². The molecule has 0 fully saturated rings. The molecule has 0 aliphatic heterocycles. The minimum absolute atomic E-state index is 0.141. The van der Waals surface area contributed by atoms with Crippen molar-refractivity contribution in [1.29, 1.82) is 0 Å². The molecule has 10 aromatic rings. The average Bonchev–Trinajstić information content (AvgIpc) is 3.61. The third-order valence-electron chi connectivity index (χ3n) is 13.2. The Labute approximate surface area is 349 Å². The van der Waals surface area contributed by atoms with Gasteiger partial charge in [-0.15, -0.1) is 0 Å². The molecule has 60 heavy (non-hydrogen) atoms. The van der Waals surface area contributed by atoms with E-state index in [1.54, 1.807) is 0 Å². The van der Waals surface area contributed by atoms with Gasteiger partial charge in [0, 0.05) is 22.1 Å². The lowest BCUT2D eigenvalue weighted by Crippen LogP contribution is -2.40. The van der Waals surface area contributed by atoms with Gasteiger partial charge in [0.05, 0.1) is 5.41 Å². The van der Waals surface area contributed by atoms with Crippen LogP contribution in [-0.2, 0) is 10.8 Å². The molecule has 1 aromatic heterocycles. The molecule has 0 amide bonds. The topological polar surface area (TPSA) is 38.7 Å². The van der Waals surface area contributed by atoms with E-state index in [0.717, 1.165) is 33.2 Å². The molecule has 282 valence electrons. The van der Waals surface area contributed by atoms with Crippen LogP contribution >= 0.6 is 0 Å². The smallest absolute Gasteiger partial charge is 0.164 e. The molecule has 0 saturated carbocycles. The molecule has 0 bridgehead atoms. The van der Waals surface area contributed by atoms with Crippen molar-refractivity contribution in [2.45, 2.75) is 24.7 Å². The van der Waals surface area contributed by atoms with Gasteiger partial charge < -0.3 is 0 Å². The molecule has 2 aliphatic rings. The van der Waals surface area contributed by atoms with Crippen LogP contribution < -0.4 is 0 Å². The lowest BCUT2D eigenvalue weighted by atomic mass is 9.55. The maximum Gasteiger partial charge on any atom is 0.164 e. The zero-order valence-electron chi connectivity index (χ0n) is 33.4. The summed E-state index contributed by atoms with van der Waals surface area (Å²) < 4.78 is 0. The highest BCUT2D eigenvalue weighted by molar-refractivity contribution is 6.08. The third-order valence-corrected chi connectivity index (χ3v) is 13.2. The largest absolute Gasteiger partial charge is 0.208 e. The Morgan fingerprint density at radius 1 is 0.300 bits per heavy atom. The van der Waals surface area contributed by atoms with Crippen molar-refractivity contribution in [3.63, 3.8) is 0 Å². The standard InChI is InChI=1S/C57H39N3/c1-56(2)49-24-12-14-26-51(49)57(52-27-15-13-25-50(52)56)47-23-11-10-21-44(47)46-35-39(31-33-48(46)57)42-20-8-9-22-45(42)55-59-53(37-17-4-3-5-18-37)58-54(60-55)40-30-32-43-38(34-40)29-28-36-16-6-7-19-41(36)43/h3-35H,1-2H3. The normalized spacial score (nSPS) is 14.1. The van der Waals surface area contributed by atoms with Crippen LogP contribution in [0.15, 0.2) is 200 Å². The summed E-state index contributed by atoms with van der Waals surface area (Å²) >= 11 is 0. The van der Waals surface area contributed by atoms with Crippen molar-refractivity contribution in [2.75, 3.05) is 0 Å². The van der Waals surface area contributed by atoms with Crippen LogP contribution in [0.25, 0.3) is 78.0 Å². The summed E-state index contributed by atoms with van der Waals surface area (Å²) in [5.74, 6) is 1.93. The predicted molar refractivity (Wildman–Crippen MR) is 246 cm³/mol. The van der Waals surface area contributed by atoms with Crippen molar-refractivity contribution in [2.24, 2.45) is 0 Å². The van der Waals surface area contributed by atoms with Gasteiger partial charge in [0.1, 0.15) is 0 Å². The monoisotopic (exact) mass is 765 g/mol. The molecule has 1 heterocycles. The van der Waals surface area contributed by atoms with E-state index in [1.165, 1.54) is 60.7 Å². The Hall–Kier alpha value is -7.49. The van der Waals surface area contributed by atoms with E-state index in [0.29, 0.717) is 17.5 Å². The van der Waals surface area contributed by atoms with Crippen LogP contribution in [0.5, 0.6) is 0 Å². The number of aromatic nitrogens is 3. The Kier molecular flexibility index (Phi) is 7.49. The van der Waals surface area contributed by atoms with Gasteiger partial charge in [0.25, 0.3) is 0 Å². The molecule has 0 radical (unpaired) electrons. The number of fused-ring (bicyclic) bond motifs is 12. The van der Waals surface area contributed by atoms with Crippen LogP contribution in [0.2, 0.25) is 0 Å². The maximum absolute atomic E-state index is 5.27. The average molecular weight is 766 g/mol. The Bertz CT molecular complexity index is 3310. The lowest BCUT2D eigenvalue weighted by molar-refractivity contribution is 0.563. The second-order valence-corrected chi connectivity index (χ2v) is 16.7. The van der Waals surface area contributed by atoms with Crippen LogP contribution in [0.1, 0.15) is 47.2 Å². The highest BCUT2D eigenvalue weighted by Gasteiger charge is 2.53. The number of benzene rings is 9. The van der Waals surface area contributed by atoms with E-state index in [-0.39, 0.29) is 5.41 Å². The predicted octanol–water partition coefficient (Wildman–Crippen LogP) is 13.8. The van der Waals surface area contributed by atoms with Gasteiger partial charge in [-0.05, 0) is 89.3 Å². The van der Waals surface area contributed by atoms with Gasteiger partial charge >= 0.3 is 0 Å². The first-order chi connectivity index (χ1) is 29.5. The van der Waals surface area contributed by atoms with Gasteiger partial charge in [-0.25, -0.2) is 15.0 Å². The highest BCUT2D eigenvalue weighted by atomic mass is 15.0. The Balaban J connectivity index is 1.05. The second kappa shape index (κ2) is 13.0. The fourth-order valence-corrected chi connectivity index (χ4v) is 10.5. The first-order valence-corrected chi connectivity index (χ1v) is 20.8. The van der Waals surface area contributed by atoms with Gasteiger partial charge in [-0.1, -0.05) is 202 Å². The first kappa shape index (κ1) is 34.5. The molecular weight excluding hydrogens is 727 g/mol. The summed E-state index contributed by atoms with van der Waals surface area (Å²) in [6, 6.07) is 72.6. The van der Waals surface area contributed by atoms with Crippen molar-refractivity contribution in [1.82, 2.24) is 15.0 Å². The number of hydrogen-bond donors (Lipinski definition) is 0. The van der Waals surface area contributed by atoms with E-state index in [2.05, 4.69) is 196 Å². The summed E-state index contributed by atoms with van der Waals surface area (Å²) in [5.41, 5.74) is 15.1.